The number of Topliss-reactive ketones (excluding diaryl/α,β-unsaturated/α-hetero) is 2. The molecule has 4 aromatic carbocycles. The molecule has 21 heteroatoms. The Kier molecular flexibility index (Phi) is 13.1. The van der Waals surface area contributed by atoms with E-state index >= 15 is 0 Å². The van der Waals surface area contributed by atoms with E-state index in [9.17, 15) is 24.0 Å². The van der Waals surface area contributed by atoms with Crippen molar-refractivity contribution in [3.63, 3.8) is 0 Å². The molecule has 0 bridgehead atoms. The number of esters is 1. The summed E-state index contributed by atoms with van der Waals surface area (Å²) in [6, 6.07) is 27.8. The van der Waals surface area contributed by atoms with Gasteiger partial charge in [0.05, 0.1) is 48.1 Å². The minimum Gasteiger partial charge on any atom is -0.460 e. The number of imidazole rings is 2. The van der Waals surface area contributed by atoms with Crippen molar-refractivity contribution in [1.82, 2.24) is 39.7 Å². The summed E-state index contributed by atoms with van der Waals surface area (Å²) in [7, 11) is 0. The van der Waals surface area contributed by atoms with Crippen LogP contribution >= 0.6 is 0 Å². The minimum atomic E-state index is -0.599. The Morgan fingerprint density at radius 1 is 0.600 bits per heavy atom. The fourth-order valence-electron chi connectivity index (χ4n) is 6.53. The van der Waals surface area contributed by atoms with Crippen molar-refractivity contribution in [2.45, 2.75) is 52.3 Å². The number of nitrogens with zero attached hydrogens (tertiary/aromatic N) is 8. The number of aromatic nitrogens is 8. The predicted molar refractivity (Wildman–Crippen MR) is 238 cm³/mol. The molecule has 0 unspecified atom stereocenters. The highest BCUT2D eigenvalue weighted by atomic mass is 16.6. The lowest BCUT2D eigenvalue weighted by Crippen LogP contribution is -2.24. The number of anilines is 4. The number of hydrogen-bond acceptors (Lipinski definition) is 17. The molecule has 2 amide bonds. The van der Waals surface area contributed by atoms with Gasteiger partial charge in [0.2, 0.25) is 11.8 Å². The van der Waals surface area contributed by atoms with Crippen molar-refractivity contribution < 1.29 is 38.0 Å². The number of ether oxygens (including phenoxy) is 1. The third-order valence-corrected chi connectivity index (χ3v) is 9.51. The van der Waals surface area contributed by atoms with Gasteiger partial charge < -0.3 is 41.7 Å². The number of benzene rings is 4. The summed E-state index contributed by atoms with van der Waals surface area (Å²) in [5, 5.41) is 20.2. The maximum absolute atomic E-state index is 13.1. The normalized spacial score (nSPS) is 11.2. The number of fused-ring (bicyclic) bond motifs is 2. The van der Waals surface area contributed by atoms with Crippen molar-refractivity contribution in [3.8, 4) is 23.0 Å². The van der Waals surface area contributed by atoms with E-state index in [1.165, 1.54) is 0 Å². The maximum Gasteiger partial charge on any atom is 0.306 e. The molecular formula is C44H43N13O8. The average Bonchev–Trinajstić information content (AvgIpc) is 4.08. The number of nitrogens with two attached hydrogens (primary N) is 3. The smallest absolute Gasteiger partial charge is 0.306 e. The summed E-state index contributed by atoms with van der Waals surface area (Å²) in [5.41, 5.74) is 21.7. The molecule has 332 valence electrons. The first-order valence-corrected chi connectivity index (χ1v) is 20.0. The second kappa shape index (κ2) is 19.2. The molecule has 0 aliphatic carbocycles. The summed E-state index contributed by atoms with van der Waals surface area (Å²) in [6.07, 6.45) is -0.0292. The van der Waals surface area contributed by atoms with Crippen molar-refractivity contribution >= 4 is 74.4 Å². The standard InChI is InChI=1S/C25H26N6O5.C19H17N7O3/c1-25(2,3)35-21(34)13-12-20(33)27-16-10-8-15(9-11-16)19(32)14-31-18-7-5-4-6-17(18)28-24(31)22-23(26)30-36-29-22;20-9-16(28)22-12-7-5-11(6-8-12)15(27)10-26-14-4-2-1-3-13(14)23-19(26)17-18(21)25-29-24-17/h4-11H,12-14H2,1-3H3,(H2,26,30)(H,27,33);1-8H,9-10,20H2,(H2,21,25)(H,22,28). The molecule has 8 N–H and O–H groups in total. The van der Waals surface area contributed by atoms with Crippen LogP contribution in [0.2, 0.25) is 0 Å². The largest absolute Gasteiger partial charge is 0.460 e. The SMILES string of the molecule is CC(C)(C)OC(=O)CCC(=O)Nc1ccc(C(=O)Cn2c(-c3nonc3N)nc3ccccc32)cc1.NCC(=O)Nc1ccc(C(=O)Cn2c(-c3nonc3N)nc3ccccc32)cc1. The van der Waals surface area contributed by atoms with E-state index in [2.05, 4.69) is 45.9 Å². The molecule has 0 aliphatic rings. The van der Waals surface area contributed by atoms with Crippen LogP contribution in [0.3, 0.4) is 0 Å². The van der Waals surface area contributed by atoms with Gasteiger partial charge in [-0.25, -0.2) is 19.2 Å². The fourth-order valence-corrected chi connectivity index (χ4v) is 6.53. The Hall–Kier alpha value is -8.59. The summed E-state index contributed by atoms with van der Waals surface area (Å²) >= 11 is 0. The third-order valence-electron chi connectivity index (χ3n) is 9.51. The Balaban J connectivity index is 0.000000198. The lowest BCUT2D eigenvalue weighted by Gasteiger charge is -2.19. The van der Waals surface area contributed by atoms with Crippen LogP contribution in [0.4, 0.5) is 23.0 Å². The molecule has 21 nitrogen and oxygen atoms in total. The third kappa shape index (κ3) is 10.7. The Morgan fingerprint density at radius 2 is 1.03 bits per heavy atom. The number of rotatable bonds is 14. The first-order chi connectivity index (χ1) is 31.2. The molecule has 0 saturated carbocycles. The van der Waals surface area contributed by atoms with Gasteiger partial charge in [-0.05, 0) is 114 Å². The van der Waals surface area contributed by atoms with Crippen LogP contribution in [0.15, 0.2) is 106 Å². The van der Waals surface area contributed by atoms with Gasteiger partial charge in [0.15, 0.2) is 46.2 Å². The molecule has 0 atom stereocenters. The van der Waals surface area contributed by atoms with Crippen LogP contribution in [0, 0.1) is 0 Å². The van der Waals surface area contributed by atoms with Crippen molar-refractivity contribution in [3.05, 3.63) is 108 Å². The second-order valence-electron chi connectivity index (χ2n) is 15.4. The maximum atomic E-state index is 13.1. The van der Waals surface area contributed by atoms with Gasteiger partial charge in [-0.2, -0.15) is 0 Å². The summed E-state index contributed by atoms with van der Waals surface area (Å²) in [4.78, 5) is 70.4. The minimum absolute atomic E-state index is 0.00783. The number of nitrogen functional groups attached to an aromatic ring is 2. The van der Waals surface area contributed by atoms with Gasteiger partial charge in [-0.3, -0.25) is 24.0 Å². The molecule has 65 heavy (non-hydrogen) atoms. The van der Waals surface area contributed by atoms with Gasteiger partial charge >= 0.3 is 5.97 Å². The molecule has 0 radical (unpaired) electrons. The topological polar surface area (TPSA) is 310 Å². The monoisotopic (exact) mass is 881 g/mol. The van der Waals surface area contributed by atoms with Gasteiger partial charge in [-0.15, -0.1) is 0 Å². The number of amides is 2. The summed E-state index contributed by atoms with van der Waals surface area (Å²) < 4.78 is 18.0. The molecule has 0 spiro atoms. The second-order valence-corrected chi connectivity index (χ2v) is 15.4. The van der Waals surface area contributed by atoms with Gasteiger partial charge in [0.1, 0.15) is 5.60 Å². The Morgan fingerprint density at radius 3 is 1.43 bits per heavy atom. The Labute approximate surface area is 369 Å². The van der Waals surface area contributed by atoms with Crippen LogP contribution in [-0.4, -0.2) is 81.2 Å². The predicted octanol–water partition coefficient (Wildman–Crippen LogP) is 5.06. The van der Waals surface area contributed by atoms with Crippen LogP contribution in [0.1, 0.15) is 54.3 Å². The van der Waals surface area contributed by atoms with Gasteiger partial charge in [-0.1, -0.05) is 24.3 Å². The van der Waals surface area contributed by atoms with E-state index in [0.29, 0.717) is 45.2 Å². The zero-order valence-electron chi connectivity index (χ0n) is 35.3. The molecule has 0 saturated heterocycles. The van der Waals surface area contributed by atoms with Crippen LogP contribution in [-0.2, 0) is 32.2 Å². The highest BCUT2D eigenvalue weighted by molar-refractivity contribution is 6.00. The van der Waals surface area contributed by atoms with Crippen LogP contribution in [0.5, 0.6) is 0 Å². The lowest BCUT2D eigenvalue weighted by molar-refractivity contribution is -0.155. The van der Waals surface area contributed by atoms with Crippen molar-refractivity contribution in [1.29, 1.82) is 0 Å². The number of nitrogens with one attached hydrogen (secondary N) is 2. The van der Waals surface area contributed by atoms with E-state index < -0.39 is 11.6 Å². The zero-order chi connectivity index (χ0) is 46.3. The molecule has 4 aromatic heterocycles. The first kappa shape index (κ1) is 44.5. The van der Waals surface area contributed by atoms with Crippen LogP contribution in [0.25, 0.3) is 45.1 Å². The zero-order valence-corrected chi connectivity index (χ0v) is 35.3. The molecule has 4 heterocycles. The lowest BCUT2D eigenvalue weighted by atomic mass is 10.1. The van der Waals surface area contributed by atoms with E-state index in [1.807, 2.05) is 48.5 Å². The number of carbonyl (C=O) groups is 5. The number of carbonyl (C=O) groups excluding carboxylic acids is 5. The van der Waals surface area contributed by atoms with Crippen molar-refractivity contribution in [2.24, 2.45) is 5.73 Å². The molecule has 8 aromatic rings. The quantitative estimate of drug-likeness (QED) is 0.0704. The highest BCUT2D eigenvalue weighted by Crippen LogP contribution is 2.29. The van der Waals surface area contributed by atoms with E-state index in [1.54, 1.807) is 78.4 Å². The molecule has 0 fully saturated rings. The fraction of sp³-hybridized carbons (Fsp3) is 0.205. The number of para-hydroxylation sites is 4. The van der Waals surface area contributed by atoms with Crippen molar-refractivity contribution in [2.75, 3.05) is 28.6 Å². The van der Waals surface area contributed by atoms with E-state index in [4.69, 9.17) is 26.6 Å². The van der Waals surface area contributed by atoms with Crippen LogP contribution < -0.4 is 27.8 Å². The number of hydrogen-bond donors (Lipinski definition) is 5. The average molecular weight is 882 g/mol. The Bertz CT molecular complexity index is 3020. The molecule has 8 rings (SSSR count). The summed E-state index contributed by atoms with van der Waals surface area (Å²) in [5.74, 6) is -0.473. The highest BCUT2D eigenvalue weighted by Gasteiger charge is 2.23. The van der Waals surface area contributed by atoms with E-state index in [0.717, 1.165) is 11.0 Å². The van der Waals surface area contributed by atoms with E-state index in [-0.39, 0.29) is 78.9 Å². The van der Waals surface area contributed by atoms with Gasteiger partial charge in [0, 0.05) is 28.9 Å². The molecular weight excluding hydrogens is 839 g/mol. The van der Waals surface area contributed by atoms with Gasteiger partial charge in [0.25, 0.3) is 0 Å². The number of ketones is 2. The first-order valence-electron chi connectivity index (χ1n) is 20.0. The summed E-state index contributed by atoms with van der Waals surface area (Å²) in [6.45, 7) is 5.18. The molecule has 0 aliphatic heterocycles.